The predicted molar refractivity (Wildman–Crippen MR) is 219 cm³/mol. The van der Waals surface area contributed by atoms with Crippen LogP contribution in [0.1, 0.15) is 88.5 Å². The van der Waals surface area contributed by atoms with E-state index in [1.165, 1.54) is 20.8 Å². The lowest BCUT2D eigenvalue weighted by atomic mass is 9.83. The smallest absolute Gasteiger partial charge is 0.316 e. The number of anilines is 1. The fraction of sp³-hybridized carbons (Fsp3) is 0.721. The summed E-state index contributed by atoms with van der Waals surface area (Å²) >= 11 is 0. The Labute approximate surface area is 339 Å². The van der Waals surface area contributed by atoms with Gasteiger partial charge in [-0.3, -0.25) is 19.4 Å². The van der Waals surface area contributed by atoms with Crippen molar-refractivity contribution in [2.45, 2.75) is 142 Å². The van der Waals surface area contributed by atoms with Crippen molar-refractivity contribution in [3.8, 4) is 0 Å². The zero-order valence-electron chi connectivity index (χ0n) is 36.2. The van der Waals surface area contributed by atoms with Crippen LogP contribution in [0, 0.1) is 23.7 Å². The number of hydrogen-bond acceptors (Lipinski definition) is 13. The van der Waals surface area contributed by atoms with Gasteiger partial charge in [-0.15, -0.1) is 0 Å². The number of Topliss-reactive ketones (excluding diaryl/α,β-unsaturated/α-hetero) is 1. The molecule has 12 atom stereocenters. The second-order valence-electron chi connectivity index (χ2n) is 17.2. The molecule has 1 aromatic carbocycles. The van der Waals surface area contributed by atoms with Gasteiger partial charge in [-0.05, 0) is 98.2 Å². The number of aromatic nitrogens is 1. The third-order valence-corrected chi connectivity index (χ3v) is 11.0. The van der Waals surface area contributed by atoms with E-state index in [2.05, 4.69) is 28.6 Å². The van der Waals surface area contributed by atoms with Crippen LogP contribution in [0.3, 0.4) is 0 Å². The molecule has 1 aromatic heterocycles. The lowest BCUT2D eigenvalue weighted by Gasteiger charge is -2.42. The van der Waals surface area contributed by atoms with Crippen LogP contribution < -0.4 is 10.6 Å². The second kappa shape index (κ2) is 21.1. The van der Waals surface area contributed by atoms with Gasteiger partial charge in [0.05, 0.1) is 42.5 Å². The summed E-state index contributed by atoms with van der Waals surface area (Å²) in [6, 6.07) is 9.30. The average Bonchev–Trinajstić information content (AvgIpc) is 3.16. The molecular formula is C43H70N4O10. The van der Waals surface area contributed by atoms with Crippen LogP contribution in [0.25, 0.3) is 10.9 Å². The molecule has 0 saturated carbocycles. The fourth-order valence-corrected chi connectivity index (χ4v) is 7.37. The minimum absolute atomic E-state index is 0.0494. The number of carbonyl (C=O) groups excluding carboxylic acids is 3. The largest absolute Gasteiger partial charge is 0.459 e. The number of fused-ring (bicyclic) bond motifs is 1. The first-order chi connectivity index (χ1) is 26.6. The number of hydrogen-bond donors (Lipinski definition) is 5. The quantitative estimate of drug-likeness (QED) is 0.0837. The Balaban J connectivity index is 1.70. The molecule has 2 aromatic rings. The normalized spacial score (nSPS) is 24.1. The SMILES string of the molecule is CC[C@@H](OC(=O)[C@H](C)C(=O)C(C)C)[C@@](C)(O)[C@H](O)[C@@H](C)C(=O)N[C@H](C)C[C@](C)(CO[C@@H]1O[C@H](C)C[C@H](N(C)C)[C@H]1O)OCC(C)CNc1ccc2ncccc2c1. The number of aliphatic hydroxyl groups is 3. The van der Waals surface area contributed by atoms with Gasteiger partial charge in [0.2, 0.25) is 5.91 Å². The molecule has 1 aliphatic heterocycles. The third-order valence-electron chi connectivity index (χ3n) is 11.0. The molecule has 0 spiro atoms. The Bertz CT molecular complexity index is 1610. The van der Waals surface area contributed by atoms with Crippen molar-refractivity contribution in [2.24, 2.45) is 23.7 Å². The standard InChI is InChI=1S/C43H70N4O10/c1-13-35(57-40(52)29(7)36(48)25(2)3)43(10,53)38(50)30(8)39(51)46-27(5)21-42(9,24-54-41-37(49)34(47(11)12)19-28(6)56-41)55-23-26(4)22-45-32-16-17-33-31(20-32)15-14-18-44-33/h14-18,20,25-30,34-35,37-38,41,45,49-50,53H,13,19,21-24H2,1-12H3,(H,46,51)/t26?,27-,28-,29-,30-,34+,35-,37-,38-,41-,42-,43-/m1/s1. The first kappa shape index (κ1) is 48.1. The van der Waals surface area contributed by atoms with Gasteiger partial charge in [0.25, 0.3) is 0 Å². The minimum atomic E-state index is -2.01. The zero-order valence-corrected chi connectivity index (χ0v) is 36.2. The van der Waals surface area contributed by atoms with Gasteiger partial charge in [0.15, 0.2) is 6.29 Å². The third kappa shape index (κ3) is 13.4. The number of nitrogens with one attached hydrogen (secondary N) is 2. The molecular weight excluding hydrogens is 732 g/mol. The molecule has 14 heteroatoms. The van der Waals surface area contributed by atoms with Crippen LogP contribution in [0.15, 0.2) is 36.5 Å². The summed E-state index contributed by atoms with van der Waals surface area (Å²) < 4.78 is 24.4. The second-order valence-corrected chi connectivity index (χ2v) is 17.2. The molecule has 1 amide bonds. The highest BCUT2D eigenvalue weighted by Gasteiger charge is 2.46. The van der Waals surface area contributed by atoms with Crippen LogP contribution in [-0.4, -0.2) is 131 Å². The number of rotatable bonds is 22. The van der Waals surface area contributed by atoms with Crippen molar-refractivity contribution in [3.63, 3.8) is 0 Å². The number of amides is 1. The van der Waals surface area contributed by atoms with E-state index >= 15 is 0 Å². The van der Waals surface area contributed by atoms with Crippen LogP contribution in [0.2, 0.25) is 0 Å². The van der Waals surface area contributed by atoms with E-state index in [1.54, 1.807) is 27.0 Å². The van der Waals surface area contributed by atoms with Crippen LogP contribution >= 0.6 is 0 Å². The highest BCUT2D eigenvalue weighted by molar-refractivity contribution is 5.99. The number of esters is 1. The zero-order chi connectivity index (χ0) is 42.8. The van der Waals surface area contributed by atoms with Crippen molar-refractivity contribution >= 4 is 34.3 Å². The van der Waals surface area contributed by atoms with E-state index < -0.39 is 65.6 Å². The summed E-state index contributed by atoms with van der Waals surface area (Å²) in [7, 11) is 3.82. The Morgan fingerprint density at radius 2 is 1.77 bits per heavy atom. The number of pyridine rings is 1. The maximum Gasteiger partial charge on any atom is 0.316 e. The number of ketones is 1. The van der Waals surface area contributed by atoms with Crippen LogP contribution in [0.5, 0.6) is 0 Å². The molecule has 57 heavy (non-hydrogen) atoms. The number of nitrogens with zero attached hydrogens (tertiary/aromatic N) is 2. The summed E-state index contributed by atoms with van der Waals surface area (Å²) in [5, 5.41) is 41.4. The highest BCUT2D eigenvalue weighted by Crippen LogP contribution is 2.30. The molecule has 1 aliphatic rings. The van der Waals surface area contributed by atoms with E-state index in [4.69, 9.17) is 18.9 Å². The van der Waals surface area contributed by atoms with Gasteiger partial charge in [0, 0.05) is 41.8 Å². The molecule has 0 bridgehead atoms. The Morgan fingerprint density at radius 1 is 1.09 bits per heavy atom. The van der Waals surface area contributed by atoms with E-state index in [9.17, 15) is 29.7 Å². The van der Waals surface area contributed by atoms with Crippen molar-refractivity contribution in [2.75, 3.05) is 39.2 Å². The molecule has 0 radical (unpaired) electrons. The van der Waals surface area contributed by atoms with Crippen LogP contribution in [0.4, 0.5) is 5.69 Å². The van der Waals surface area contributed by atoms with E-state index in [1.807, 2.05) is 64.0 Å². The molecule has 0 aliphatic carbocycles. The van der Waals surface area contributed by atoms with Gasteiger partial charge < -0.3 is 49.8 Å². The van der Waals surface area contributed by atoms with Crippen molar-refractivity contribution in [1.82, 2.24) is 15.2 Å². The first-order valence-electron chi connectivity index (χ1n) is 20.4. The van der Waals surface area contributed by atoms with Crippen molar-refractivity contribution in [1.29, 1.82) is 0 Å². The van der Waals surface area contributed by atoms with Crippen molar-refractivity contribution < 1.29 is 48.7 Å². The van der Waals surface area contributed by atoms with Crippen LogP contribution in [-0.2, 0) is 33.3 Å². The minimum Gasteiger partial charge on any atom is -0.459 e. The first-order valence-corrected chi connectivity index (χ1v) is 20.4. The molecule has 5 N–H and O–H groups in total. The maximum atomic E-state index is 13.6. The number of likely N-dealkylation sites (N-methyl/N-ethyl adjacent to an activating group) is 1. The monoisotopic (exact) mass is 803 g/mol. The molecule has 2 heterocycles. The number of carbonyl (C=O) groups is 3. The summed E-state index contributed by atoms with van der Waals surface area (Å²) in [5.41, 5.74) is -1.08. The Hall–Kier alpha value is -3.24. The number of benzene rings is 1. The van der Waals surface area contributed by atoms with Crippen molar-refractivity contribution in [3.05, 3.63) is 36.5 Å². The summed E-state index contributed by atoms with van der Waals surface area (Å²) in [6.07, 6.45) is -1.86. The van der Waals surface area contributed by atoms with Gasteiger partial charge in [-0.1, -0.05) is 40.7 Å². The Kier molecular flexibility index (Phi) is 17.9. The van der Waals surface area contributed by atoms with Gasteiger partial charge in [-0.25, -0.2) is 0 Å². The fourth-order valence-electron chi connectivity index (χ4n) is 7.37. The molecule has 322 valence electrons. The van der Waals surface area contributed by atoms with Gasteiger partial charge in [-0.2, -0.15) is 0 Å². The molecule has 1 saturated heterocycles. The summed E-state index contributed by atoms with van der Waals surface area (Å²) in [4.78, 5) is 45.2. The maximum absolute atomic E-state index is 13.6. The lowest BCUT2D eigenvalue weighted by Crippen LogP contribution is -2.57. The molecule has 1 unspecified atom stereocenters. The Morgan fingerprint density at radius 3 is 2.40 bits per heavy atom. The van der Waals surface area contributed by atoms with E-state index in [0.29, 0.717) is 26.0 Å². The average molecular weight is 803 g/mol. The highest BCUT2D eigenvalue weighted by atomic mass is 16.7. The van der Waals surface area contributed by atoms with E-state index in [0.717, 1.165) is 16.6 Å². The van der Waals surface area contributed by atoms with Gasteiger partial charge >= 0.3 is 5.97 Å². The van der Waals surface area contributed by atoms with Gasteiger partial charge in [0.1, 0.15) is 29.5 Å². The molecule has 14 nitrogen and oxygen atoms in total. The lowest BCUT2D eigenvalue weighted by molar-refractivity contribution is -0.268. The molecule has 1 fully saturated rings. The summed E-state index contributed by atoms with van der Waals surface area (Å²) in [5.74, 6) is -4.08. The number of aliphatic hydroxyl groups excluding tert-OH is 2. The predicted octanol–water partition coefficient (Wildman–Crippen LogP) is 4.33. The van der Waals surface area contributed by atoms with E-state index in [-0.39, 0.29) is 42.8 Å². The summed E-state index contributed by atoms with van der Waals surface area (Å²) in [6.45, 7) is 18.1. The topological polar surface area (TPSA) is 189 Å². The number of ether oxygens (including phenoxy) is 4. The molecule has 3 rings (SSSR count).